The van der Waals surface area contributed by atoms with Gasteiger partial charge < -0.3 is 10.1 Å². The van der Waals surface area contributed by atoms with Crippen LogP contribution in [0.4, 0.5) is 5.82 Å². The first-order chi connectivity index (χ1) is 8.43. The normalized spacial score (nSPS) is 12.3. The third-order valence-electron chi connectivity index (χ3n) is 2.22. The Labute approximate surface area is 116 Å². The number of halogens is 2. The zero-order chi connectivity index (χ0) is 13.7. The number of rotatable bonds is 5. The number of esters is 1. The molecule has 1 rings (SSSR count). The minimum atomic E-state index is -0.515. The Bertz CT molecular complexity index is 427. The Morgan fingerprint density at radius 3 is 2.72 bits per heavy atom. The van der Waals surface area contributed by atoms with Crippen LogP contribution in [0.3, 0.4) is 0 Å². The van der Waals surface area contributed by atoms with E-state index in [-0.39, 0.29) is 11.3 Å². The van der Waals surface area contributed by atoms with Crippen molar-refractivity contribution < 1.29 is 9.53 Å². The molecule has 1 N–H and O–H groups in total. The van der Waals surface area contributed by atoms with Crippen LogP contribution in [0.5, 0.6) is 0 Å². The molecule has 1 unspecified atom stereocenters. The molecule has 0 amide bonds. The van der Waals surface area contributed by atoms with Gasteiger partial charge in [-0.15, -0.1) is 0 Å². The van der Waals surface area contributed by atoms with E-state index in [2.05, 4.69) is 15.3 Å². The van der Waals surface area contributed by atoms with Crippen LogP contribution in [0.1, 0.15) is 20.3 Å². The molecule has 18 heavy (non-hydrogen) atoms. The van der Waals surface area contributed by atoms with E-state index in [0.717, 1.165) is 0 Å². The van der Waals surface area contributed by atoms with Crippen LogP contribution in [-0.4, -0.2) is 29.1 Å². The summed E-state index contributed by atoms with van der Waals surface area (Å²) >= 11 is 11.6. The molecule has 0 aromatic carbocycles. The van der Waals surface area contributed by atoms with Crippen molar-refractivity contribution in [2.24, 2.45) is 5.92 Å². The molecule has 7 heteroatoms. The van der Waals surface area contributed by atoms with Gasteiger partial charge >= 0.3 is 5.97 Å². The molecule has 1 heterocycles. The number of hydrogen-bond donors (Lipinski definition) is 1. The predicted octanol–water partition coefficient (Wildman–Crippen LogP) is 2.78. The minimum absolute atomic E-state index is 0.0649. The van der Waals surface area contributed by atoms with Gasteiger partial charge in [0.15, 0.2) is 5.82 Å². The quantitative estimate of drug-likeness (QED) is 0.668. The summed E-state index contributed by atoms with van der Waals surface area (Å²) in [5.41, 5.74) is 0. The van der Waals surface area contributed by atoms with Crippen molar-refractivity contribution in [1.82, 2.24) is 9.97 Å². The molecule has 5 nitrogen and oxygen atoms in total. The summed E-state index contributed by atoms with van der Waals surface area (Å²) in [4.78, 5) is 19.3. The van der Waals surface area contributed by atoms with E-state index in [1.165, 1.54) is 13.3 Å². The lowest BCUT2D eigenvalue weighted by atomic mass is 10.0. The van der Waals surface area contributed by atoms with Crippen LogP contribution < -0.4 is 5.32 Å². The van der Waals surface area contributed by atoms with Crippen molar-refractivity contribution in [2.75, 3.05) is 12.4 Å². The maximum absolute atomic E-state index is 11.6. The SMILES string of the molecule is COC(=O)C(CC(C)C)Nc1nc(Cl)ncc1Cl. The van der Waals surface area contributed by atoms with E-state index in [0.29, 0.717) is 23.2 Å². The molecule has 0 saturated carbocycles. The Kier molecular flexibility index (Phi) is 5.62. The van der Waals surface area contributed by atoms with Gasteiger partial charge in [0.2, 0.25) is 5.28 Å². The highest BCUT2D eigenvalue weighted by molar-refractivity contribution is 6.33. The van der Waals surface area contributed by atoms with Gasteiger partial charge in [0.25, 0.3) is 0 Å². The monoisotopic (exact) mass is 291 g/mol. The van der Waals surface area contributed by atoms with Crippen molar-refractivity contribution in [1.29, 1.82) is 0 Å². The minimum Gasteiger partial charge on any atom is -0.467 e. The molecule has 0 saturated heterocycles. The molecule has 0 bridgehead atoms. The molecule has 1 aromatic rings. The Hall–Kier alpha value is -1.07. The number of methoxy groups -OCH3 is 1. The second-order valence-corrected chi connectivity index (χ2v) is 4.93. The topological polar surface area (TPSA) is 64.1 Å². The molecule has 0 aliphatic heterocycles. The lowest BCUT2D eigenvalue weighted by Gasteiger charge is -2.19. The van der Waals surface area contributed by atoms with E-state index in [4.69, 9.17) is 27.9 Å². The van der Waals surface area contributed by atoms with Gasteiger partial charge in [-0.05, 0) is 23.9 Å². The van der Waals surface area contributed by atoms with E-state index >= 15 is 0 Å². The summed E-state index contributed by atoms with van der Waals surface area (Å²) in [6.07, 6.45) is 1.98. The van der Waals surface area contributed by atoms with Crippen LogP contribution in [-0.2, 0) is 9.53 Å². The first-order valence-corrected chi connectivity index (χ1v) is 6.22. The fourth-order valence-corrected chi connectivity index (χ4v) is 1.72. The molecular weight excluding hydrogens is 277 g/mol. The zero-order valence-electron chi connectivity index (χ0n) is 10.4. The molecule has 0 spiro atoms. The van der Waals surface area contributed by atoms with Crippen molar-refractivity contribution in [3.05, 3.63) is 16.5 Å². The summed E-state index contributed by atoms with van der Waals surface area (Å²) < 4.78 is 4.73. The van der Waals surface area contributed by atoms with Gasteiger partial charge in [-0.3, -0.25) is 0 Å². The van der Waals surface area contributed by atoms with Gasteiger partial charge in [0.1, 0.15) is 11.1 Å². The van der Waals surface area contributed by atoms with Crippen molar-refractivity contribution in [2.45, 2.75) is 26.3 Å². The maximum atomic E-state index is 11.6. The Balaban J connectivity index is 2.88. The molecule has 0 aliphatic rings. The number of carbonyl (C=O) groups excluding carboxylic acids is 1. The molecule has 1 aromatic heterocycles. The van der Waals surface area contributed by atoms with Crippen LogP contribution in [0.25, 0.3) is 0 Å². The van der Waals surface area contributed by atoms with Crippen LogP contribution >= 0.6 is 23.2 Å². The zero-order valence-corrected chi connectivity index (χ0v) is 11.9. The van der Waals surface area contributed by atoms with E-state index in [9.17, 15) is 4.79 Å². The molecule has 0 aliphatic carbocycles. The summed E-state index contributed by atoms with van der Waals surface area (Å²) in [7, 11) is 1.34. The largest absolute Gasteiger partial charge is 0.467 e. The number of hydrogen-bond acceptors (Lipinski definition) is 5. The lowest BCUT2D eigenvalue weighted by molar-refractivity contribution is -0.141. The van der Waals surface area contributed by atoms with E-state index in [1.54, 1.807) is 0 Å². The van der Waals surface area contributed by atoms with Gasteiger partial charge in [0, 0.05) is 0 Å². The summed E-state index contributed by atoms with van der Waals surface area (Å²) in [5, 5.41) is 3.30. The first kappa shape index (κ1) is 15.0. The van der Waals surface area contributed by atoms with E-state index in [1.807, 2.05) is 13.8 Å². The van der Waals surface area contributed by atoms with Gasteiger partial charge in [0.05, 0.1) is 13.3 Å². The third kappa shape index (κ3) is 4.31. The summed E-state index contributed by atoms with van der Waals surface area (Å²) in [6.45, 7) is 4.01. The van der Waals surface area contributed by atoms with E-state index < -0.39 is 6.04 Å². The van der Waals surface area contributed by atoms with Gasteiger partial charge in [-0.25, -0.2) is 9.78 Å². The number of ether oxygens (including phenoxy) is 1. The fraction of sp³-hybridized carbons (Fsp3) is 0.545. The van der Waals surface area contributed by atoms with Crippen molar-refractivity contribution in [3.63, 3.8) is 0 Å². The fourth-order valence-electron chi connectivity index (χ4n) is 1.44. The lowest BCUT2D eigenvalue weighted by Crippen LogP contribution is -2.32. The third-order valence-corrected chi connectivity index (χ3v) is 2.68. The standard InChI is InChI=1S/C11H15Cl2N3O2/c1-6(2)4-8(10(17)18-3)15-9-7(12)5-14-11(13)16-9/h5-6,8H,4H2,1-3H3,(H,14,15,16). The highest BCUT2D eigenvalue weighted by Gasteiger charge is 2.22. The first-order valence-electron chi connectivity index (χ1n) is 5.46. The second kappa shape index (κ2) is 6.75. The number of anilines is 1. The molecular formula is C11H15Cl2N3O2. The van der Waals surface area contributed by atoms with Gasteiger partial charge in [-0.1, -0.05) is 25.4 Å². The highest BCUT2D eigenvalue weighted by atomic mass is 35.5. The summed E-state index contributed by atoms with van der Waals surface area (Å²) in [5.74, 6) is 0.278. The molecule has 1 atom stereocenters. The Morgan fingerprint density at radius 2 is 2.17 bits per heavy atom. The Morgan fingerprint density at radius 1 is 1.50 bits per heavy atom. The smallest absolute Gasteiger partial charge is 0.328 e. The van der Waals surface area contributed by atoms with Gasteiger partial charge in [-0.2, -0.15) is 4.98 Å². The average Bonchev–Trinajstić information content (AvgIpc) is 2.31. The van der Waals surface area contributed by atoms with Crippen LogP contribution in [0.2, 0.25) is 10.3 Å². The van der Waals surface area contributed by atoms with Crippen LogP contribution in [0.15, 0.2) is 6.20 Å². The predicted molar refractivity (Wildman–Crippen MR) is 70.9 cm³/mol. The number of nitrogens with one attached hydrogen (secondary N) is 1. The maximum Gasteiger partial charge on any atom is 0.328 e. The number of aromatic nitrogens is 2. The highest BCUT2D eigenvalue weighted by Crippen LogP contribution is 2.22. The van der Waals surface area contributed by atoms with Crippen molar-refractivity contribution in [3.8, 4) is 0 Å². The average molecular weight is 292 g/mol. The second-order valence-electron chi connectivity index (χ2n) is 4.19. The molecule has 100 valence electrons. The van der Waals surface area contributed by atoms with Crippen molar-refractivity contribution >= 4 is 35.0 Å². The molecule has 0 radical (unpaired) electrons. The summed E-state index contributed by atoms with van der Waals surface area (Å²) in [6, 6.07) is -0.515. The number of nitrogens with zero attached hydrogens (tertiary/aromatic N) is 2. The molecule has 0 fully saturated rings. The van der Waals surface area contributed by atoms with Crippen LogP contribution in [0, 0.1) is 5.92 Å². The number of carbonyl (C=O) groups is 1.